The second-order valence-corrected chi connectivity index (χ2v) is 15.2. The van der Waals surface area contributed by atoms with Gasteiger partial charge < -0.3 is 4.74 Å². The highest BCUT2D eigenvalue weighted by molar-refractivity contribution is 7.92. The fraction of sp³-hybridized carbons (Fsp3) is 0.424. The summed E-state index contributed by atoms with van der Waals surface area (Å²) >= 11 is 0. The largest absolute Gasteiger partial charge is 0.477 e. The lowest BCUT2D eigenvalue weighted by molar-refractivity contribution is 0.176. The zero-order valence-electron chi connectivity index (χ0n) is 25.8. The van der Waals surface area contributed by atoms with Crippen LogP contribution in [0.4, 0.5) is 5.95 Å². The van der Waals surface area contributed by atoms with E-state index < -0.39 is 10.0 Å². The Morgan fingerprint density at radius 3 is 2.29 bits per heavy atom. The summed E-state index contributed by atoms with van der Waals surface area (Å²) in [7, 11) is -3.99. The van der Waals surface area contributed by atoms with Gasteiger partial charge >= 0.3 is 0 Å². The number of hydrogen-bond donors (Lipinski definition) is 1. The Morgan fingerprint density at radius 2 is 1.64 bits per heavy atom. The topological polar surface area (TPSA) is 99.0 Å². The normalized spacial score (nSPS) is 18.8. The van der Waals surface area contributed by atoms with Gasteiger partial charge in [-0.25, -0.2) is 18.1 Å². The summed E-state index contributed by atoms with van der Waals surface area (Å²) in [6.45, 7) is 17.4. The van der Waals surface area contributed by atoms with Crippen molar-refractivity contribution >= 4 is 16.0 Å². The van der Waals surface area contributed by atoms with E-state index in [0.29, 0.717) is 18.2 Å². The molecule has 8 nitrogen and oxygen atoms in total. The van der Waals surface area contributed by atoms with E-state index in [1.165, 1.54) is 0 Å². The number of ether oxygens (including phenoxy) is 1. The van der Waals surface area contributed by atoms with Gasteiger partial charge in [-0.05, 0) is 80.8 Å². The maximum Gasteiger partial charge on any atom is 0.264 e. The number of hydrogen-bond acceptors (Lipinski definition) is 6. The van der Waals surface area contributed by atoms with Crippen LogP contribution in [0.3, 0.4) is 0 Å². The molecule has 0 fully saturated rings. The fourth-order valence-corrected chi connectivity index (χ4v) is 6.80. The summed E-state index contributed by atoms with van der Waals surface area (Å²) in [6, 6.07) is 15.0. The maximum absolute atomic E-state index is 13.7. The van der Waals surface area contributed by atoms with Crippen LogP contribution in [-0.4, -0.2) is 34.8 Å². The minimum atomic E-state index is -3.99. The molecule has 1 N–H and O–H groups in total. The lowest BCUT2D eigenvalue weighted by Gasteiger charge is -2.33. The summed E-state index contributed by atoms with van der Waals surface area (Å²) in [4.78, 5) is 9.30. The number of anilines is 1. The highest BCUT2D eigenvalue weighted by Gasteiger charge is 2.33. The summed E-state index contributed by atoms with van der Waals surface area (Å²) < 4.78 is 38.5. The molecule has 4 bridgehead atoms. The van der Waals surface area contributed by atoms with E-state index in [1.54, 1.807) is 24.3 Å². The molecule has 1 aliphatic heterocycles. The van der Waals surface area contributed by atoms with Crippen molar-refractivity contribution < 1.29 is 13.2 Å². The van der Waals surface area contributed by atoms with Gasteiger partial charge in [0.05, 0.1) is 28.9 Å². The lowest BCUT2D eigenvalue weighted by Crippen LogP contribution is -2.27. The molecule has 2 atom stereocenters. The Hall–Kier alpha value is -3.72. The van der Waals surface area contributed by atoms with Crippen molar-refractivity contribution in [2.45, 2.75) is 78.2 Å². The highest BCUT2D eigenvalue weighted by atomic mass is 32.2. The van der Waals surface area contributed by atoms with Crippen LogP contribution in [0.5, 0.6) is 5.88 Å². The molecule has 0 amide bonds. The van der Waals surface area contributed by atoms with E-state index in [2.05, 4.69) is 62.4 Å². The van der Waals surface area contributed by atoms with E-state index in [0.717, 1.165) is 34.2 Å². The third-order valence-corrected chi connectivity index (χ3v) is 8.96. The van der Waals surface area contributed by atoms with Crippen LogP contribution in [0.1, 0.15) is 76.1 Å². The van der Waals surface area contributed by atoms with Crippen LogP contribution in [0.2, 0.25) is 0 Å². The van der Waals surface area contributed by atoms with Crippen molar-refractivity contribution in [3.8, 4) is 17.1 Å². The van der Waals surface area contributed by atoms with Crippen LogP contribution in [0.25, 0.3) is 11.3 Å². The average molecular weight is 588 g/mol. The van der Waals surface area contributed by atoms with Crippen molar-refractivity contribution in [2.24, 2.45) is 11.3 Å². The summed E-state index contributed by atoms with van der Waals surface area (Å²) in [5, 5.41) is 4.70. The molecule has 0 radical (unpaired) electrons. The summed E-state index contributed by atoms with van der Waals surface area (Å²) in [5.41, 5.74) is 5.29. The van der Waals surface area contributed by atoms with Gasteiger partial charge in [-0.2, -0.15) is 10.1 Å². The molecule has 0 saturated heterocycles. The molecular formula is C33H41N5O3S. The van der Waals surface area contributed by atoms with Crippen molar-refractivity contribution in [1.82, 2.24) is 19.7 Å². The van der Waals surface area contributed by atoms with Gasteiger partial charge in [0.2, 0.25) is 11.8 Å². The van der Waals surface area contributed by atoms with Crippen molar-refractivity contribution in [2.75, 3.05) is 11.3 Å². The lowest BCUT2D eigenvalue weighted by atomic mass is 9.74. The number of fused-ring (bicyclic) bond motifs is 4. The molecule has 9 heteroatoms. The van der Waals surface area contributed by atoms with Gasteiger partial charge in [-0.1, -0.05) is 51.1 Å². The Labute approximate surface area is 249 Å². The highest BCUT2D eigenvalue weighted by Crippen LogP contribution is 2.41. The fourth-order valence-electron chi connectivity index (χ4n) is 5.80. The smallest absolute Gasteiger partial charge is 0.264 e. The van der Waals surface area contributed by atoms with E-state index >= 15 is 0 Å². The zero-order valence-corrected chi connectivity index (χ0v) is 26.6. The first kappa shape index (κ1) is 29.8. The number of aryl methyl sites for hydroxylation is 2. The number of aromatic nitrogens is 4. The number of nitrogens with one attached hydrogen (secondary N) is 1. The van der Waals surface area contributed by atoms with Crippen LogP contribution in [-0.2, 0) is 15.6 Å². The molecule has 1 unspecified atom stereocenters. The quantitative estimate of drug-likeness (QED) is 0.275. The number of benzene rings is 2. The molecule has 0 spiro atoms. The molecule has 1 aliphatic rings. The molecule has 222 valence electrons. The van der Waals surface area contributed by atoms with Gasteiger partial charge in [0.25, 0.3) is 10.0 Å². The minimum absolute atomic E-state index is 0.00461. The maximum atomic E-state index is 13.7. The van der Waals surface area contributed by atoms with Crippen LogP contribution in [0, 0.1) is 25.2 Å². The molecule has 0 saturated carbocycles. The van der Waals surface area contributed by atoms with Crippen molar-refractivity contribution in [3.63, 3.8) is 0 Å². The predicted octanol–water partition coefficient (Wildman–Crippen LogP) is 7.09. The average Bonchev–Trinajstić information content (AvgIpc) is 3.36. The van der Waals surface area contributed by atoms with E-state index in [9.17, 15) is 8.42 Å². The molecule has 2 aromatic carbocycles. The third kappa shape index (κ3) is 6.36. The molecule has 0 aliphatic carbocycles. The first-order chi connectivity index (χ1) is 19.6. The van der Waals surface area contributed by atoms with E-state index in [-0.39, 0.29) is 33.6 Å². The van der Waals surface area contributed by atoms with E-state index in [4.69, 9.17) is 9.84 Å². The van der Waals surface area contributed by atoms with Crippen LogP contribution in [0.15, 0.2) is 65.8 Å². The zero-order chi connectivity index (χ0) is 30.4. The van der Waals surface area contributed by atoms with Gasteiger partial charge in [0.1, 0.15) is 0 Å². The number of sulfonamides is 1. The predicted molar refractivity (Wildman–Crippen MR) is 166 cm³/mol. The van der Waals surface area contributed by atoms with Crippen molar-refractivity contribution in [3.05, 3.63) is 83.2 Å². The minimum Gasteiger partial charge on any atom is -0.477 e. The Bertz CT molecular complexity index is 1690. The standard InChI is InChI=1S/C33H41N5O3S/c1-21-11-9-12-22(2)29(21)27-16-28-36-31(35-27)37-42(39,40)26-14-10-13-23(15-26)30(24(20-41-28)17-32(3,4)5)25-18-34-38(19-25)33(6,7)8/h9-16,18-19,24,30H,17,20H2,1-8H3,(H,35,36,37)/t24-,30?/m1/s1. The van der Waals surface area contributed by atoms with Gasteiger partial charge in [-0.15, -0.1) is 0 Å². The molecule has 5 rings (SSSR count). The molecule has 42 heavy (non-hydrogen) atoms. The molecule has 3 heterocycles. The second-order valence-electron chi connectivity index (χ2n) is 13.6. The van der Waals surface area contributed by atoms with Gasteiger partial charge in [-0.3, -0.25) is 4.68 Å². The summed E-state index contributed by atoms with van der Waals surface area (Å²) in [5.74, 6) is 0.142. The number of rotatable bonds is 3. The first-order valence-corrected chi connectivity index (χ1v) is 15.9. The second kappa shape index (κ2) is 10.8. The van der Waals surface area contributed by atoms with Gasteiger partial charge in [0, 0.05) is 29.7 Å². The Kier molecular flexibility index (Phi) is 7.68. The molecule has 4 aromatic rings. The molecule has 2 aromatic heterocycles. The number of nitrogens with zero attached hydrogens (tertiary/aromatic N) is 4. The van der Waals surface area contributed by atoms with E-state index in [1.807, 2.05) is 49.0 Å². The monoisotopic (exact) mass is 587 g/mol. The Morgan fingerprint density at radius 1 is 0.952 bits per heavy atom. The van der Waals surface area contributed by atoms with Crippen LogP contribution < -0.4 is 9.46 Å². The van der Waals surface area contributed by atoms with Crippen molar-refractivity contribution in [1.29, 1.82) is 0 Å². The molecular weight excluding hydrogens is 546 g/mol. The summed E-state index contributed by atoms with van der Waals surface area (Å²) in [6.07, 6.45) is 4.81. The third-order valence-electron chi connectivity index (χ3n) is 7.63. The Balaban J connectivity index is 1.70. The van der Waals surface area contributed by atoms with Crippen LogP contribution >= 0.6 is 0 Å². The first-order valence-electron chi connectivity index (χ1n) is 14.4. The van der Waals surface area contributed by atoms with Gasteiger partial charge in [0.15, 0.2) is 0 Å². The SMILES string of the molecule is Cc1cccc(C)c1-c1cc2nc(n1)NS(=O)(=O)c1cccc(c1)C(c1cnn(C(C)(C)C)c1)[C@H](CC(C)(C)C)CO2.